The zero-order valence-corrected chi connectivity index (χ0v) is 14.4. The molecular weight excluding hydrogens is 366 g/mol. The molecule has 0 aliphatic heterocycles. The first-order chi connectivity index (χ1) is 12.4. The summed E-state index contributed by atoms with van der Waals surface area (Å²) < 4.78 is 31.7. The average molecular weight is 381 g/mol. The maximum atomic E-state index is 13.5. The van der Waals surface area contributed by atoms with Gasteiger partial charge in [-0.05, 0) is 42.8 Å². The Balaban J connectivity index is 1.84. The first-order valence-electron chi connectivity index (χ1n) is 7.51. The van der Waals surface area contributed by atoms with E-state index in [0.29, 0.717) is 5.56 Å². The third kappa shape index (κ3) is 5.56. The van der Waals surface area contributed by atoms with Crippen LogP contribution in [0.2, 0.25) is 5.02 Å². The third-order valence-electron chi connectivity index (χ3n) is 3.19. The van der Waals surface area contributed by atoms with E-state index in [1.54, 1.807) is 6.07 Å². The summed E-state index contributed by atoms with van der Waals surface area (Å²) >= 11 is 5.64. The molecule has 0 aromatic heterocycles. The molecule has 0 aliphatic carbocycles. The molecule has 0 fully saturated rings. The fourth-order valence-electron chi connectivity index (χ4n) is 1.84. The molecule has 0 bridgehead atoms. The molecule has 26 heavy (non-hydrogen) atoms. The van der Waals surface area contributed by atoms with Crippen LogP contribution in [-0.4, -0.2) is 17.9 Å². The summed E-state index contributed by atoms with van der Waals surface area (Å²) in [6.45, 7) is 1.41. The van der Waals surface area contributed by atoms with Crippen LogP contribution in [0.3, 0.4) is 0 Å². The number of carbonyl (C=O) groups excluding carboxylic acids is 2. The molecule has 136 valence electrons. The third-order valence-corrected chi connectivity index (χ3v) is 3.48. The van der Waals surface area contributed by atoms with Crippen molar-refractivity contribution in [3.8, 4) is 5.75 Å². The van der Waals surface area contributed by atoms with Crippen LogP contribution in [0.4, 0.5) is 8.78 Å². The lowest BCUT2D eigenvalue weighted by molar-refractivity contribution is -0.131. The Bertz CT molecular complexity index is 843. The standard InChI is InChI=1S/C18H15ClF2N2O3/c1-11(26-16-5-3-2-4-15(16)21)18(25)23-22-17(24)9-7-12-6-8-14(20)13(19)10-12/h2-11H,1H3,(H,22,24)(H,23,25)/b9-7+/t11-/m1/s1. The van der Waals surface area contributed by atoms with E-state index in [1.165, 1.54) is 49.4 Å². The summed E-state index contributed by atoms with van der Waals surface area (Å²) in [6, 6.07) is 9.61. The first kappa shape index (κ1) is 19.4. The van der Waals surface area contributed by atoms with Gasteiger partial charge in [-0.1, -0.05) is 29.8 Å². The van der Waals surface area contributed by atoms with Crippen LogP contribution in [0.5, 0.6) is 5.75 Å². The molecule has 0 radical (unpaired) electrons. The summed E-state index contributed by atoms with van der Waals surface area (Å²) in [5, 5.41) is -0.0695. The number of hydrogen-bond donors (Lipinski definition) is 2. The Labute approximate surface area is 153 Å². The monoisotopic (exact) mass is 380 g/mol. The molecule has 2 aromatic rings. The van der Waals surface area contributed by atoms with Crippen molar-refractivity contribution in [2.75, 3.05) is 0 Å². The molecule has 0 saturated carbocycles. The maximum absolute atomic E-state index is 13.5. The molecular formula is C18H15ClF2N2O3. The van der Waals surface area contributed by atoms with Crippen molar-refractivity contribution in [1.29, 1.82) is 0 Å². The molecule has 1 atom stereocenters. The minimum atomic E-state index is -1.04. The Hall–Kier alpha value is -2.93. The second-order valence-corrected chi connectivity index (χ2v) is 5.58. The zero-order valence-electron chi connectivity index (χ0n) is 13.6. The van der Waals surface area contributed by atoms with Crippen molar-refractivity contribution < 1.29 is 23.1 Å². The summed E-state index contributed by atoms with van der Waals surface area (Å²) in [4.78, 5) is 23.6. The number of para-hydroxylation sites is 1. The lowest BCUT2D eigenvalue weighted by atomic mass is 10.2. The van der Waals surface area contributed by atoms with Gasteiger partial charge in [-0.15, -0.1) is 0 Å². The predicted molar refractivity (Wildman–Crippen MR) is 93.2 cm³/mol. The van der Waals surface area contributed by atoms with Gasteiger partial charge in [0.15, 0.2) is 17.7 Å². The summed E-state index contributed by atoms with van der Waals surface area (Å²) in [5.41, 5.74) is 4.82. The predicted octanol–water partition coefficient (Wildman–Crippen LogP) is 3.25. The number of ether oxygens (including phenoxy) is 1. The maximum Gasteiger partial charge on any atom is 0.279 e. The molecule has 2 aromatic carbocycles. The van der Waals surface area contributed by atoms with E-state index in [1.807, 2.05) is 0 Å². The first-order valence-corrected chi connectivity index (χ1v) is 7.89. The Morgan fingerprint density at radius 1 is 1.12 bits per heavy atom. The average Bonchev–Trinajstić information content (AvgIpc) is 2.62. The number of rotatable bonds is 5. The molecule has 5 nitrogen and oxygen atoms in total. The van der Waals surface area contributed by atoms with E-state index in [4.69, 9.17) is 16.3 Å². The number of benzene rings is 2. The van der Waals surface area contributed by atoms with Gasteiger partial charge in [0, 0.05) is 6.08 Å². The Morgan fingerprint density at radius 2 is 1.85 bits per heavy atom. The van der Waals surface area contributed by atoms with E-state index >= 15 is 0 Å². The molecule has 0 unspecified atom stereocenters. The number of hydrogen-bond acceptors (Lipinski definition) is 3. The highest BCUT2D eigenvalue weighted by atomic mass is 35.5. The van der Waals surface area contributed by atoms with Gasteiger partial charge in [-0.2, -0.15) is 0 Å². The number of carbonyl (C=O) groups is 2. The minimum absolute atomic E-state index is 0.0695. The van der Waals surface area contributed by atoms with Crippen molar-refractivity contribution in [2.24, 2.45) is 0 Å². The van der Waals surface area contributed by atoms with Crippen LogP contribution in [-0.2, 0) is 9.59 Å². The van der Waals surface area contributed by atoms with E-state index in [0.717, 1.165) is 6.08 Å². The molecule has 0 heterocycles. The second-order valence-electron chi connectivity index (χ2n) is 5.18. The quantitative estimate of drug-likeness (QED) is 0.618. The highest BCUT2D eigenvalue weighted by Gasteiger charge is 2.16. The number of hydrazine groups is 1. The van der Waals surface area contributed by atoms with Crippen LogP contribution in [0, 0.1) is 11.6 Å². The topological polar surface area (TPSA) is 67.4 Å². The fourth-order valence-corrected chi connectivity index (χ4v) is 2.03. The van der Waals surface area contributed by atoms with Crippen molar-refractivity contribution in [2.45, 2.75) is 13.0 Å². The van der Waals surface area contributed by atoms with Crippen molar-refractivity contribution >= 4 is 29.5 Å². The lowest BCUT2D eigenvalue weighted by Gasteiger charge is -2.15. The number of halogens is 3. The van der Waals surface area contributed by atoms with Crippen molar-refractivity contribution in [1.82, 2.24) is 10.9 Å². The van der Waals surface area contributed by atoms with Gasteiger partial charge in [0.05, 0.1) is 5.02 Å². The smallest absolute Gasteiger partial charge is 0.279 e. The molecule has 0 spiro atoms. The Morgan fingerprint density at radius 3 is 2.54 bits per heavy atom. The normalized spacial score (nSPS) is 11.8. The molecule has 0 saturated heterocycles. The fraction of sp³-hybridized carbons (Fsp3) is 0.111. The van der Waals surface area contributed by atoms with Crippen molar-refractivity contribution in [3.05, 3.63) is 70.8 Å². The summed E-state index contributed by atoms with van der Waals surface area (Å²) in [6.07, 6.45) is 1.49. The highest BCUT2D eigenvalue weighted by Crippen LogP contribution is 2.17. The Kier molecular flexibility index (Phi) is 6.68. The second kappa shape index (κ2) is 8.96. The summed E-state index contributed by atoms with van der Waals surface area (Å²) in [5.74, 6) is -2.53. The van der Waals surface area contributed by atoms with Gasteiger partial charge in [-0.25, -0.2) is 8.78 Å². The van der Waals surface area contributed by atoms with Gasteiger partial charge in [0.25, 0.3) is 11.8 Å². The van der Waals surface area contributed by atoms with Crippen LogP contribution >= 0.6 is 11.6 Å². The molecule has 0 aliphatic rings. The van der Waals surface area contributed by atoms with Crippen LogP contribution in [0.25, 0.3) is 6.08 Å². The van der Waals surface area contributed by atoms with E-state index in [9.17, 15) is 18.4 Å². The number of nitrogens with one attached hydrogen (secondary N) is 2. The van der Waals surface area contributed by atoms with Gasteiger partial charge < -0.3 is 4.74 Å². The SMILES string of the molecule is C[C@@H](Oc1ccccc1F)C(=O)NNC(=O)/C=C/c1ccc(F)c(Cl)c1. The zero-order chi connectivity index (χ0) is 19.1. The van der Waals surface area contributed by atoms with Gasteiger partial charge >= 0.3 is 0 Å². The van der Waals surface area contributed by atoms with Crippen LogP contribution in [0.15, 0.2) is 48.5 Å². The highest BCUT2D eigenvalue weighted by molar-refractivity contribution is 6.30. The molecule has 2 rings (SSSR count). The lowest BCUT2D eigenvalue weighted by Crippen LogP contribution is -2.46. The number of amides is 2. The van der Waals surface area contributed by atoms with Crippen LogP contribution in [0.1, 0.15) is 12.5 Å². The van der Waals surface area contributed by atoms with E-state index in [2.05, 4.69) is 10.9 Å². The minimum Gasteiger partial charge on any atom is -0.478 e. The van der Waals surface area contributed by atoms with E-state index < -0.39 is 29.6 Å². The van der Waals surface area contributed by atoms with Crippen molar-refractivity contribution in [3.63, 3.8) is 0 Å². The van der Waals surface area contributed by atoms with Gasteiger partial charge in [-0.3, -0.25) is 20.4 Å². The van der Waals surface area contributed by atoms with Crippen LogP contribution < -0.4 is 15.6 Å². The largest absolute Gasteiger partial charge is 0.478 e. The summed E-state index contributed by atoms with van der Waals surface area (Å²) in [7, 11) is 0. The van der Waals surface area contributed by atoms with Gasteiger partial charge in [0.2, 0.25) is 0 Å². The molecule has 2 N–H and O–H groups in total. The van der Waals surface area contributed by atoms with E-state index in [-0.39, 0.29) is 10.8 Å². The molecule has 8 heteroatoms. The van der Waals surface area contributed by atoms with Gasteiger partial charge in [0.1, 0.15) is 5.82 Å². The molecule has 2 amide bonds.